The average molecular weight is 343 g/mol. The lowest BCUT2D eigenvalue weighted by Gasteiger charge is -2.19. The zero-order valence-electron chi connectivity index (χ0n) is 10.6. The summed E-state index contributed by atoms with van der Waals surface area (Å²) < 4.78 is 0.895. The highest BCUT2D eigenvalue weighted by Gasteiger charge is 2.31. The van der Waals surface area contributed by atoms with Crippen molar-refractivity contribution in [3.8, 4) is 0 Å². The molecule has 0 bridgehead atoms. The second-order valence-electron chi connectivity index (χ2n) is 4.58. The molecule has 1 atom stereocenters. The molecule has 2 rings (SSSR count). The predicted molar refractivity (Wildman–Crippen MR) is 82.2 cm³/mol. The number of thioether (sulfide) groups is 1. The van der Waals surface area contributed by atoms with E-state index in [4.69, 9.17) is 5.73 Å². The number of nitrogen functional groups attached to an aromatic ring is 1. The largest absolute Gasteiger partial charge is 0.397 e. The minimum atomic E-state index is 0.0685. The fourth-order valence-electron chi connectivity index (χ4n) is 2.11. The van der Waals surface area contributed by atoms with Gasteiger partial charge in [-0.2, -0.15) is 0 Å². The van der Waals surface area contributed by atoms with Gasteiger partial charge in [0.1, 0.15) is 0 Å². The first-order valence-corrected chi connectivity index (χ1v) is 7.74. The molecule has 1 saturated heterocycles. The van der Waals surface area contributed by atoms with E-state index in [2.05, 4.69) is 15.9 Å². The minimum absolute atomic E-state index is 0.0685. The molecule has 0 aliphatic carbocycles. The molecule has 19 heavy (non-hydrogen) atoms. The Morgan fingerprint density at radius 2 is 2.32 bits per heavy atom. The minimum Gasteiger partial charge on any atom is -0.397 e. The van der Waals surface area contributed by atoms with Crippen molar-refractivity contribution in [2.75, 3.05) is 22.9 Å². The van der Waals surface area contributed by atoms with Gasteiger partial charge in [0, 0.05) is 30.1 Å². The molecule has 0 radical (unpaired) electrons. The molecule has 0 saturated carbocycles. The number of nitrogens with zero attached hydrogens (tertiary/aromatic N) is 1. The molecule has 1 unspecified atom stereocenters. The second-order valence-corrected chi connectivity index (χ2v) is 6.69. The SMILES string of the molecule is CC(=O)SCC1CC(=O)N(c2cc(Br)ccc2N)C1. The molecular weight excluding hydrogens is 328 g/mol. The van der Waals surface area contributed by atoms with Gasteiger partial charge in [0.15, 0.2) is 5.12 Å². The maximum absolute atomic E-state index is 12.1. The number of amides is 1. The first kappa shape index (κ1) is 14.4. The quantitative estimate of drug-likeness (QED) is 0.857. The van der Waals surface area contributed by atoms with Crippen LogP contribution in [0.1, 0.15) is 13.3 Å². The standard InChI is InChI=1S/C13H15BrN2O2S/c1-8(17)19-7-9-4-13(18)16(6-9)12-5-10(14)2-3-11(12)15/h2-3,5,9H,4,6-7,15H2,1H3. The van der Waals surface area contributed by atoms with E-state index < -0.39 is 0 Å². The van der Waals surface area contributed by atoms with E-state index >= 15 is 0 Å². The van der Waals surface area contributed by atoms with Crippen LogP contribution in [0.4, 0.5) is 11.4 Å². The maximum atomic E-state index is 12.1. The molecular formula is C13H15BrN2O2S. The lowest BCUT2D eigenvalue weighted by atomic mass is 10.1. The molecule has 1 amide bonds. The third-order valence-electron chi connectivity index (χ3n) is 3.01. The van der Waals surface area contributed by atoms with Crippen LogP contribution in [-0.2, 0) is 9.59 Å². The topological polar surface area (TPSA) is 63.4 Å². The molecule has 1 aliphatic rings. The van der Waals surface area contributed by atoms with E-state index in [-0.39, 0.29) is 16.9 Å². The highest BCUT2D eigenvalue weighted by molar-refractivity contribution is 9.10. The molecule has 2 N–H and O–H groups in total. The molecule has 1 heterocycles. The summed E-state index contributed by atoms with van der Waals surface area (Å²) in [6, 6.07) is 5.49. The first-order valence-electron chi connectivity index (χ1n) is 5.96. The zero-order chi connectivity index (χ0) is 14.0. The average Bonchev–Trinajstić information content (AvgIpc) is 2.71. The lowest BCUT2D eigenvalue weighted by Crippen LogP contribution is -2.25. The van der Waals surface area contributed by atoms with Gasteiger partial charge >= 0.3 is 0 Å². The van der Waals surface area contributed by atoms with Crippen LogP contribution in [0, 0.1) is 5.92 Å². The Labute approximate surface area is 124 Å². The number of hydrogen-bond donors (Lipinski definition) is 1. The third kappa shape index (κ3) is 3.51. The molecule has 6 heteroatoms. The molecule has 1 fully saturated rings. The number of carbonyl (C=O) groups excluding carboxylic acids is 2. The van der Waals surface area contributed by atoms with Crippen molar-refractivity contribution in [1.82, 2.24) is 0 Å². The van der Waals surface area contributed by atoms with Gasteiger partial charge < -0.3 is 10.6 Å². The maximum Gasteiger partial charge on any atom is 0.227 e. The number of halogens is 1. The van der Waals surface area contributed by atoms with Crippen molar-refractivity contribution in [3.05, 3.63) is 22.7 Å². The van der Waals surface area contributed by atoms with E-state index in [0.29, 0.717) is 24.4 Å². The zero-order valence-corrected chi connectivity index (χ0v) is 13.0. The summed E-state index contributed by atoms with van der Waals surface area (Å²) >= 11 is 4.66. The van der Waals surface area contributed by atoms with Crippen LogP contribution in [-0.4, -0.2) is 23.3 Å². The summed E-state index contributed by atoms with van der Waals surface area (Å²) in [5.41, 5.74) is 7.26. The Hall–Kier alpha value is -1.01. The van der Waals surface area contributed by atoms with Gasteiger partial charge in [0.2, 0.25) is 5.91 Å². The number of carbonyl (C=O) groups is 2. The molecule has 4 nitrogen and oxygen atoms in total. The van der Waals surface area contributed by atoms with Crippen molar-refractivity contribution in [1.29, 1.82) is 0 Å². The van der Waals surface area contributed by atoms with Crippen LogP contribution in [0.15, 0.2) is 22.7 Å². The van der Waals surface area contributed by atoms with E-state index in [1.54, 1.807) is 17.9 Å². The van der Waals surface area contributed by atoms with Gasteiger partial charge in [0.05, 0.1) is 11.4 Å². The predicted octanol–water partition coefficient (Wildman–Crippen LogP) is 2.66. The summed E-state index contributed by atoms with van der Waals surface area (Å²) in [7, 11) is 0. The summed E-state index contributed by atoms with van der Waals surface area (Å²) in [6.07, 6.45) is 0.478. The van der Waals surface area contributed by atoms with E-state index in [9.17, 15) is 9.59 Å². The Bertz CT molecular complexity index is 521. The Balaban J connectivity index is 2.11. The summed E-state index contributed by atoms with van der Waals surface area (Å²) in [5.74, 6) is 0.963. The van der Waals surface area contributed by atoms with Crippen LogP contribution < -0.4 is 10.6 Å². The van der Waals surface area contributed by atoms with Crippen molar-refractivity contribution in [3.63, 3.8) is 0 Å². The van der Waals surface area contributed by atoms with Crippen LogP contribution in [0.2, 0.25) is 0 Å². The van der Waals surface area contributed by atoms with Gasteiger partial charge in [-0.3, -0.25) is 9.59 Å². The molecule has 0 aromatic heterocycles. The lowest BCUT2D eigenvalue weighted by molar-refractivity contribution is -0.117. The third-order valence-corrected chi connectivity index (χ3v) is 4.55. The highest BCUT2D eigenvalue weighted by atomic mass is 79.9. The number of rotatable bonds is 3. The van der Waals surface area contributed by atoms with E-state index in [1.165, 1.54) is 11.8 Å². The molecule has 1 aliphatic heterocycles. The monoisotopic (exact) mass is 342 g/mol. The van der Waals surface area contributed by atoms with E-state index in [0.717, 1.165) is 10.2 Å². The number of anilines is 2. The van der Waals surface area contributed by atoms with Crippen LogP contribution >= 0.6 is 27.7 Å². The van der Waals surface area contributed by atoms with E-state index in [1.807, 2.05) is 12.1 Å². The molecule has 102 valence electrons. The molecule has 1 aromatic carbocycles. The number of benzene rings is 1. The highest BCUT2D eigenvalue weighted by Crippen LogP contribution is 2.33. The van der Waals surface area contributed by atoms with Crippen molar-refractivity contribution in [2.45, 2.75) is 13.3 Å². The normalized spacial score (nSPS) is 18.9. The fourth-order valence-corrected chi connectivity index (χ4v) is 3.15. The van der Waals surface area contributed by atoms with Crippen LogP contribution in [0.5, 0.6) is 0 Å². The molecule has 0 spiro atoms. The fraction of sp³-hybridized carbons (Fsp3) is 0.385. The number of nitrogens with two attached hydrogens (primary N) is 1. The van der Waals surface area contributed by atoms with Crippen molar-refractivity contribution < 1.29 is 9.59 Å². The first-order chi connectivity index (χ1) is 8.97. The number of hydrogen-bond acceptors (Lipinski definition) is 4. The van der Waals surface area contributed by atoms with Crippen molar-refractivity contribution >= 4 is 50.1 Å². The van der Waals surface area contributed by atoms with Gasteiger partial charge in [-0.1, -0.05) is 27.7 Å². The van der Waals surface area contributed by atoms with Gasteiger partial charge in [0.25, 0.3) is 0 Å². The van der Waals surface area contributed by atoms with Gasteiger partial charge in [-0.25, -0.2) is 0 Å². The Kier molecular flexibility index (Phi) is 4.52. The second kappa shape index (κ2) is 5.96. The Morgan fingerprint density at radius 3 is 3.00 bits per heavy atom. The summed E-state index contributed by atoms with van der Waals surface area (Å²) in [4.78, 5) is 24.7. The van der Waals surface area contributed by atoms with Crippen LogP contribution in [0.25, 0.3) is 0 Å². The van der Waals surface area contributed by atoms with Gasteiger partial charge in [-0.15, -0.1) is 0 Å². The molecule has 1 aromatic rings. The van der Waals surface area contributed by atoms with Crippen molar-refractivity contribution in [2.24, 2.45) is 5.92 Å². The summed E-state index contributed by atoms with van der Waals surface area (Å²) in [6.45, 7) is 2.17. The summed E-state index contributed by atoms with van der Waals surface area (Å²) in [5, 5.41) is 0.0906. The smallest absolute Gasteiger partial charge is 0.227 e. The van der Waals surface area contributed by atoms with Gasteiger partial charge in [-0.05, 0) is 24.1 Å². The van der Waals surface area contributed by atoms with Crippen LogP contribution in [0.3, 0.4) is 0 Å². The Morgan fingerprint density at radius 1 is 1.58 bits per heavy atom.